The Morgan fingerprint density at radius 3 is 2.24 bits per heavy atom. The molecular formula is C18H12F6N4O3S2. The number of sulfonamides is 1. The van der Waals surface area contributed by atoms with Gasteiger partial charge in [-0.15, -0.1) is 11.3 Å². The molecule has 0 saturated heterocycles. The lowest BCUT2D eigenvalue weighted by atomic mass is 10.2. The molecule has 1 heterocycles. The molecule has 0 radical (unpaired) electrons. The average Bonchev–Trinajstić information content (AvgIpc) is 3.19. The van der Waals surface area contributed by atoms with Crippen molar-refractivity contribution in [1.82, 2.24) is 9.71 Å². The second-order valence-electron chi connectivity index (χ2n) is 6.29. The van der Waals surface area contributed by atoms with Gasteiger partial charge in [0.25, 0.3) is 0 Å². The third kappa shape index (κ3) is 6.00. The fraction of sp³-hybridized carbons (Fsp3) is 0.111. The normalized spacial score (nSPS) is 11.9. The standard InChI is InChI=1S/C18H12F6N4O3S2/c19-11-5-13(21)14(6-12(11)20)28-17(29)27-10-3-1-9(2-4-10)15-7-25-16(32-15)8-26-33(30,31)18(22,23)24/h1-7,26H,8H2,(H2,27,28,29). The van der Waals surface area contributed by atoms with E-state index in [1.165, 1.54) is 35.2 Å². The van der Waals surface area contributed by atoms with Crippen molar-refractivity contribution < 1.29 is 39.6 Å². The number of thiazole rings is 1. The number of amides is 2. The quantitative estimate of drug-likeness (QED) is 0.327. The lowest BCUT2D eigenvalue weighted by Crippen LogP contribution is -2.35. The van der Waals surface area contributed by atoms with E-state index in [4.69, 9.17) is 0 Å². The summed E-state index contributed by atoms with van der Waals surface area (Å²) in [5, 5.41) is 4.49. The van der Waals surface area contributed by atoms with Crippen LogP contribution in [0.1, 0.15) is 5.01 Å². The van der Waals surface area contributed by atoms with Crippen LogP contribution in [-0.4, -0.2) is 24.9 Å². The fourth-order valence-electron chi connectivity index (χ4n) is 2.38. The highest BCUT2D eigenvalue weighted by atomic mass is 32.2. The molecule has 0 unspecified atom stereocenters. The number of halogens is 6. The maximum Gasteiger partial charge on any atom is 0.511 e. The number of alkyl halides is 3. The molecule has 2 amide bonds. The summed E-state index contributed by atoms with van der Waals surface area (Å²) >= 11 is 0.950. The van der Waals surface area contributed by atoms with Gasteiger partial charge in [-0.25, -0.2) is 36.1 Å². The van der Waals surface area contributed by atoms with Gasteiger partial charge in [0.15, 0.2) is 11.6 Å². The van der Waals surface area contributed by atoms with E-state index in [9.17, 15) is 39.6 Å². The predicted molar refractivity (Wildman–Crippen MR) is 108 cm³/mol. The first-order valence-electron chi connectivity index (χ1n) is 8.69. The molecule has 3 aromatic rings. The second-order valence-corrected chi connectivity index (χ2v) is 9.16. The number of hydrogen-bond acceptors (Lipinski definition) is 5. The van der Waals surface area contributed by atoms with E-state index in [2.05, 4.69) is 10.3 Å². The van der Waals surface area contributed by atoms with Crippen molar-refractivity contribution in [1.29, 1.82) is 0 Å². The van der Waals surface area contributed by atoms with Crippen molar-refractivity contribution in [3.8, 4) is 10.4 Å². The van der Waals surface area contributed by atoms with E-state index < -0.39 is 51.2 Å². The summed E-state index contributed by atoms with van der Waals surface area (Å²) in [4.78, 5) is 16.3. The van der Waals surface area contributed by atoms with Crippen molar-refractivity contribution in [3.63, 3.8) is 0 Å². The van der Waals surface area contributed by atoms with E-state index >= 15 is 0 Å². The van der Waals surface area contributed by atoms with Gasteiger partial charge in [0.2, 0.25) is 0 Å². The summed E-state index contributed by atoms with van der Waals surface area (Å²) in [6.07, 6.45) is 1.34. The number of carbonyl (C=O) groups is 1. The SMILES string of the molecule is O=C(Nc1ccc(-c2cnc(CNS(=O)(=O)C(F)(F)F)s2)cc1)Nc1cc(F)c(F)cc1F. The number of anilines is 2. The van der Waals surface area contributed by atoms with Gasteiger partial charge in [-0.3, -0.25) is 0 Å². The summed E-state index contributed by atoms with van der Waals surface area (Å²) in [5.74, 6) is -3.91. The number of urea groups is 1. The zero-order chi connectivity index (χ0) is 24.4. The number of benzene rings is 2. The van der Waals surface area contributed by atoms with E-state index in [0.717, 1.165) is 11.3 Å². The van der Waals surface area contributed by atoms with Gasteiger partial charge in [0.05, 0.1) is 17.1 Å². The smallest absolute Gasteiger partial charge is 0.308 e. The monoisotopic (exact) mass is 510 g/mol. The molecule has 15 heteroatoms. The zero-order valence-electron chi connectivity index (χ0n) is 16.0. The first kappa shape index (κ1) is 24.5. The van der Waals surface area contributed by atoms with Gasteiger partial charge in [0.1, 0.15) is 10.8 Å². The van der Waals surface area contributed by atoms with Crippen LogP contribution < -0.4 is 15.4 Å². The Balaban J connectivity index is 1.62. The molecule has 0 fully saturated rings. The van der Waals surface area contributed by atoms with Crippen molar-refractivity contribution in [2.75, 3.05) is 10.6 Å². The van der Waals surface area contributed by atoms with Crippen molar-refractivity contribution in [3.05, 3.63) is 65.1 Å². The van der Waals surface area contributed by atoms with Crippen LogP contribution >= 0.6 is 11.3 Å². The molecule has 1 aromatic heterocycles. The van der Waals surface area contributed by atoms with Crippen molar-refractivity contribution in [2.24, 2.45) is 0 Å². The Hall–Kier alpha value is -3.17. The molecule has 2 aromatic carbocycles. The minimum atomic E-state index is -5.49. The van der Waals surface area contributed by atoms with Crippen molar-refractivity contribution in [2.45, 2.75) is 12.1 Å². The summed E-state index contributed by atoms with van der Waals surface area (Å²) in [6, 6.07) is 5.81. The van der Waals surface area contributed by atoms with E-state index in [1.54, 1.807) is 0 Å². The van der Waals surface area contributed by atoms with Crippen molar-refractivity contribution >= 4 is 38.8 Å². The Morgan fingerprint density at radius 2 is 1.61 bits per heavy atom. The minimum Gasteiger partial charge on any atom is -0.308 e. The van der Waals surface area contributed by atoms with Crippen LogP contribution in [0.15, 0.2) is 42.6 Å². The molecule has 0 saturated carbocycles. The molecule has 0 aliphatic rings. The predicted octanol–water partition coefficient (Wildman–Crippen LogP) is 4.81. The maximum atomic E-state index is 13.6. The number of hydrogen-bond donors (Lipinski definition) is 3. The van der Waals surface area contributed by atoms with Crippen LogP contribution in [0.3, 0.4) is 0 Å². The van der Waals surface area contributed by atoms with Crippen LogP contribution in [0.4, 0.5) is 42.5 Å². The lowest BCUT2D eigenvalue weighted by Gasteiger charge is -2.09. The molecule has 176 valence electrons. The number of nitrogens with zero attached hydrogens (tertiary/aromatic N) is 1. The molecule has 3 rings (SSSR count). The number of carbonyl (C=O) groups excluding carboxylic acids is 1. The molecule has 0 bridgehead atoms. The van der Waals surface area contributed by atoms with Crippen LogP contribution in [0.5, 0.6) is 0 Å². The van der Waals surface area contributed by atoms with Gasteiger partial charge in [-0.2, -0.15) is 13.2 Å². The summed E-state index contributed by atoms with van der Waals surface area (Å²) in [6.45, 7) is -0.646. The molecule has 3 N–H and O–H groups in total. The third-order valence-corrected chi connectivity index (χ3v) is 6.14. The Morgan fingerprint density at radius 1 is 0.970 bits per heavy atom. The summed E-state index contributed by atoms with van der Waals surface area (Å²) in [7, 11) is -5.49. The van der Waals surface area contributed by atoms with Crippen LogP contribution in [0.2, 0.25) is 0 Å². The molecule has 0 atom stereocenters. The molecule has 0 aliphatic heterocycles. The fourth-order valence-corrected chi connectivity index (χ4v) is 3.83. The van der Waals surface area contributed by atoms with Crippen LogP contribution in [0.25, 0.3) is 10.4 Å². The van der Waals surface area contributed by atoms with Crippen LogP contribution in [0, 0.1) is 17.5 Å². The van der Waals surface area contributed by atoms with E-state index in [-0.39, 0.29) is 16.8 Å². The summed E-state index contributed by atoms with van der Waals surface area (Å²) < 4.78 is 100. The lowest BCUT2D eigenvalue weighted by molar-refractivity contribution is -0.0448. The zero-order valence-corrected chi connectivity index (χ0v) is 17.6. The topological polar surface area (TPSA) is 100 Å². The highest BCUT2D eigenvalue weighted by Crippen LogP contribution is 2.28. The molecule has 33 heavy (non-hydrogen) atoms. The van der Waals surface area contributed by atoms with E-state index in [1.807, 2.05) is 5.32 Å². The molecular weight excluding hydrogens is 498 g/mol. The van der Waals surface area contributed by atoms with Gasteiger partial charge in [-0.1, -0.05) is 12.1 Å². The van der Waals surface area contributed by atoms with Gasteiger partial charge < -0.3 is 10.6 Å². The Labute approximate surface area is 186 Å². The highest BCUT2D eigenvalue weighted by molar-refractivity contribution is 7.90. The summed E-state index contributed by atoms with van der Waals surface area (Å²) in [5.41, 5.74) is -5.18. The number of rotatable bonds is 6. The van der Waals surface area contributed by atoms with Gasteiger partial charge in [-0.05, 0) is 17.7 Å². The second kappa shape index (κ2) is 9.36. The Kier molecular flexibility index (Phi) is 6.94. The molecule has 0 spiro atoms. The average molecular weight is 510 g/mol. The van der Waals surface area contributed by atoms with Crippen LogP contribution in [-0.2, 0) is 16.6 Å². The highest BCUT2D eigenvalue weighted by Gasteiger charge is 2.45. The van der Waals surface area contributed by atoms with E-state index in [0.29, 0.717) is 16.5 Å². The minimum absolute atomic E-state index is 0.0907. The first-order chi connectivity index (χ1) is 15.4. The number of nitrogens with one attached hydrogen (secondary N) is 3. The van der Waals surface area contributed by atoms with Gasteiger partial charge in [0, 0.05) is 24.0 Å². The first-order valence-corrected chi connectivity index (χ1v) is 11.0. The maximum absolute atomic E-state index is 13.6. The Bertz CT molecular complexity index is 1280. The molecule has 7 nitrogen and oxygen atoms in total. The number of aromatic nitrogens is 1. The van der Waals surface area contributed by atoms with Gasteiger partial charge >= 0.3 is 21.6 Å². The largest absolute Gasteiger partial charge is 0.511 e. The third-order valence-electron chi connectivity index (χ3n) is 3.96. The molecule has 0 aliphatic carbocycles.